The third kappa shape index (κ3) is 3.70. The number of aromatic nitrogens is 1. The molecule has 1 N–H and O–H groups in total. The number of thiazole rings is 1. The summed E-state index contributed by atoms with van der Waals surface area (Å²) in [6.07, 6.45) is 0. The average Bonchev–Trinajstić information content (AvgIpc) is 3.11. The number of benzene rings is 3. The highest BCUT2D eigenvalue weighted by molar-refractivity contribution is 7.99. The molecule has 27 heavy (non-hydrogen) atoms. The first-order chi connectivity index (χ1) is 13.2. The topological polar surface area (TPSA) is 65.8 Å². The monoisotopic (exact) mass is 387 g/mol. The summed E-state index contributed by atoms with van der Waals surface area (Å²) >= 11 is 2.85. The maximum absolute atomic E-state index is 12.8. The van der Waals surface area contributed by atoms with Gasteiger partial charge in [-0.3, -0.25) is 10.1 Å². The summed E-state index contributed by atoms with van der Waals surface area (Å²) < 4.78 is 1.03. The predicted molar refractivity (Wildman–Crippen MR) is 109 cm³/mol. The van der Waals surface area contributed by atoms with E-state index in [1.807, 2.05) is 60.7 Å². The molecule has 0 bridgehead atoms. The van der Waals surface area contributed by atoms with Gasteiger partial charge < -0.3 is 0 Å². The molecular weight excluding hydrogens is 374 g/mol. The predicted octanol–water partition coefficient (Wildman–Crippen LogP) is 5.57. The van der Waals surface area contributed by atoms with E-state index in [1.54, 1.807) is 12.1 Å². The molecule has 0 unspecified atom stereocenters. The highest BCUT2D eigenvalue weighted by Gasteiger charge is 2.15. The van der Waals surface area contributed by atoms with Crippen molar-refractivity contribution in [2.24, 2.45) is 0 Å². The summed E-state index contributed by atoms with van der Waals surface area (Å²) in [4.78, 5) is 18.9. The number of para-hydroxylation sites is 1. The van der Waals surface area contributed by atoms with Crippen LogP contribution in [0.15, 0.2) is 82.6 Å². The number of carbonyl (C=O) groups excluding carboxylic acids is 1. The molecule has 1 amide bonds. The van der Waals surface area contributed by atoms with Gasteiger partial charge in [0.05, 0.1) is 21.3 Å². The lowest BCUT2D eigenvalue weighted by molar-refractivity contribution is 0.102. The normalized spacial score (nSPS) is 10.5. The van der Waals surface area contributed by atoms with Crippen LogP contribution in [0.25, 0.3) is 10.2 Å². The number of anilines is 1. The largest absolute Gasteiger partial charge is 0.298 e. The van der Waals surface area contributed by atoms with E-state index in [4.69, 9.17) is 0 Å². The number of carbonyl (C=O) groups is 1. The Balaban J connectivity index is 1.62. The van der Waals surface area contributed by atoms with Crippen molar-refractivity contribution >= 4 is 44.4 Å². The second-order valence-corrected chi connectivity index (χ2v) is 7.76. The van der Waals surface area contributed by atoms with E-state index in [0.29, 0.717) is 16.3 Å². The van der Waals surface area contributed by atoms with Crippen LogP contribution in [0.4, 0.5) is 5.13 Å². The van der Waals surface area contributed by atoms with Crippen LogP contribution in [0.3, 0.4) is 0 Å². The number of rotatable bonds is 4. The van der Waals surface area contributed by atoms with Gasteiger partial charge in [-0.2, -0.15) is 5.26 Å². The first-order valence-electron chi connectivity index (χ1n) is 8.17. The smallest absolute Gasteiger partial charge is 0.258 e. The van der Waals surface area contributed by atoms with E-state index in [9.17, 15) is 10.1 Å². The number of hydrogen-bond acceptors (Lipinski definition) is 5. The zero-order valence-electron chi connectivity index (χ0n) is 14.0. The molecule has 3 aromatic carbocycles. The number of nitriles is 1. The lowest BCUT2D eigenvalue weighted by Gasteiger charge is -2.09. The van der Waals surface area contributed by atoms with Crippen LogP contribution in [-0.2, 0) is 0 Å². The first-order valence-corrected chi connectivity index (χ1v) is 9.81. The molecule has 0 atom stereocenters. The van der Waals surface area contributed by atoms with Gasteiger partial charge in [-0.05, 0) is 36.4 Å². The van der Waals surface area contributed by atoms with E-state index < -0.39 is 0 Å². The SMILES string of the molecule is N#Cc1ccccc1Sc1ccccc1C(=O)Nc1nc2ccccc2s1. The fraction of sp³-hybridized carbons (Fsp3) is 0. The summed E-state index contributed by atoms with van der Waals surface area (Å²) in [6, 6.07) is 24.7. The second-order valence-electron chi connectivity index (χ2n) is 5.65. The van der Waals surface area contributed by atoms with Crippen molar-refractivity contribution < 1.29 is 4.79 Å². The number of nitrogens with zero attached hydrogens (tertiary/aromatic N) is 2. The third-order valence-electron chi connectivity index (χ3n) is 3.87. The number of amides is 1. The molecule has 0 aliphatic heterocycles. The number of nitrogens with one attached hydrogen (secondary N) is 1. The Hall–Kier alpha value is -3.14. The van der Waals surface area contributed by atoms with E-state index in [0.717, 1.165) is 20.0 Å². The Morgan fingerprint density at radius 3 is 2.48 bits per heavy atom. The van der Waals surface area contributed by atoms with Crippen LogP contribution in [0.2, 0.25) is 0 Å². The van der Waals surface area contributed by atoms with Gasteiger partial charge in [-0.1, -0.05) is 59.5 Å². The van der Waals surface area contributed by atoms with Crippen molar-refractivity contribution in [2.45, 2.75) is 9.79 Å². The zero-order chi connectivity index (χ0) is 18.6. The minimum atomic E-state index is -0.216. The molecule has 0 saturated heterocycles. The molecule has 1 heterocycles. The highest BCUT2D eigenvalue weighted by atomic mass is 32.2. The van der Waals surface area contributed by atoms with Crippen LogP contribution in [0, 0.1) is 11.3 Å². The second kappa shape index (κ2) is 7.62. The Bertz CT molecular complexity index is 1140. The standard InChI is InChI=1S/C21H13N3OS2/c22-13-14-7-1-4-10-17(14)26-18-11-5-2-8-15(18)20(25)24-21-23-16-9-3-6-12-19(16)27-21/h1-12H,(H,23,24,25). The molecular formula is C21H13N3OS2. The lowest BCUT2D eigenvalue weighted by Crippen LogP contribution is -2.12. The van der Waals surface area contributed by atoms with Crippen molar-refractivity contribution in [3.63, 3.8) is 0 Å². The van der Waals surface area contributed by atoms with Crippen molar-refractivity contribution in [1.29, 1.82) is 5.26 Å². The van der Waals surface area contributed by atoms with Gasteiger partial charge in [-0.25, -0.2) is 4.98 Å². The minimum absolute atomic E-state index is 0.216. The van der Waals surface area contributed by atoms with Crippen LogP contribution in [0.1, 0.15) is 15.9 Å². The molecule has 0 aliphatic rings. The average molecular weight is 387 g/mol. The lowest BCUT2D eigenvalue weighted by atomic mass is 10.2. The van der Waals surface area contributed by atoms with Crippen molar-refractivity contribution in [3.8, 4) is 6.07 Å². The zero-order valence-corrected chi connectivity index (χ0v) is 15.7. The number of fused-ring (bicyclic) bond motifs is 1. The van der Waals surface area contributed by atoms with Gasteiger partial charge in [0.25, 0.3) is 5.91 Å². The third-order valence-corrected chi connectivity index (χ3v) is 5.98. The van der Waals surface area contributed by atoms with E-state index in [2.05, 4.69) is 16.4 Å². The van der Waals surface area contributed by atoms with Crippen LogP contribution in [0.5, 0.6) is 0 Å². The van der Waals surface area contributed by atoms with Crippen molar-refractivity contribution in [3.05, 3.63) is 83.9 Å². The molecule has 0 fully saturated rings. The van der Waals surface area contributed by atoms with Gasteiger partial charge in [0.15, 0.2) is 5.13 Å². The molecule has 4 nitrogen and oxygen atoms in total. The Labute approximate surface area is 164 Å². The molecule has 130 valence electrons. The molecule has 4 aromatic rings. The fourth-order valence-corrected chi connectivity index (χ4v) is 4.49. The quantitative estimate of drug-likeness (QED) is 0.497. The molecule has 6 heteroatoms. The van der Waals surface area contributed by atoms with Crippen LogP contribution >= 0.6 is 23.1 Å². The maximum Gasteiger partial charge on any atom is 0.258 e. The Morgan fingerprint density at radius 1 is 0.963 bits per heavy atom. The molecule has 0 saturated carbocycles. The van der Waals surface area contributed by atoms with Gasteiger partial charge in [-0.15, -0.1) is 0 Å². The van der Waals surface area contributed by atoms with Crippen molar-refractivity contribution in [1.82, 2.24) is 4.98 Å². The van der Waals surface area contributed by atoms with Gasteiger partial charge in [0.2, 0.25) is 0 Å². The van der Waals surface area contributed by atoms with E-state index >= 15 is 0 Å². The van der Waals surface area contributed by atoms with Gasteiger partial charge in [0, 0.05) is 9.79 Å². The Kier molecular flexibility index (Phi) is 4.88. The van der Waals surface area contributed by atoms with Gasteiger partial charge in [0.1, 0.15) is 6.07 Å². The number of hydrogen-bond donors (Lipinski definition) is 1. The summed E-state index contributed by atoms with van der Waals surface area (Å²) in [6.45, 7) is 0. The van der Waals surface area contributed by atoms with Gasteiger partial charge >= 0.3 is 0 Å². The maximum atomic E-state index is 12.8. The highest BCUT2D eigenvalue weighted by Crippen LogP contribution is 2.33. The Morgan fingerprint density at radius 2 is 1.67 bits per heavy atom. The van der Waals surface area contributed by atoms with Crippen LogP contribution < -0.4 is 5.32 Å². The fourth-order valence-electron chi connectivity index (χ4n) is 2.60. The molecule has 0 spiro atoms. The first kappa shape index (κ1) is 17.3. The molecule has 1 aromatic heterocycles. The molecule has 0 aliphatic carbocycles. The summed E-state index contributed by atoms with van der Waals surface area (Å²) in [7, 11) is 0. The molecule has 0 radical (unpaired) electrons. The van der Waals surface area contributed by atoms with Crippen LogP contribution in [-0.4, -0.2) is 10.9 Å². The molecule has 4 rings (SSSR count). The summed E-state index contributed by atoms with van der Waals surface area (Å²) in [5.41, 5.74) is 2.00. The van der Waals surface area contributed by atoms with E-state index in [1.165, 1.54) is 23.1 Å². The van der Waals surface area contributed by atoms with Crippen molar-refractivity contribution in [2.75, 3.05) is 5.32 Å². The minimum Gasteiger partial charge on any atom is -0.298 e. The summed E-state index contributed by atoms with van der Waals surface area (Å²) in [5, 5.41) is 12.7. The van der Waals surface area contributed by atoms with E-state index in [-0.39, 0.29) is 5.91 Å². The summed E-state index contributed by atoms with van der Waals surface area (Å²) in [5.74, 6) is -0.216.